The van der Waals surface area contributed by atoms with Gasteiger partial charge in [0, 0.05) is 32.3 Å². The number of amidine groups is 1. The highest BCUT2D eigenvalue weighted by Crippen LogP contribution is 2.39. The minimum absolute atomic E-state index is 0.0297. The lowest BCUT2D eigenvalue weighted by Crippen LogP contribution is -2.39. The minimum Gasteiger partial charge on any atom is -0.439 e. The van der Waals surface area contributed by atoms with E-state index in [1.54, 1.807) is 16.8 Å². The Morgan fingerprint density at radius 2 is 2.18 bits per heavy atom. The molecule has 4 heterocycles. The fourth-order valence-electron chi connectivity index (χ4n) is 3.48. The Bertz CT molecular complexity index is 632. The van der Waals surface area contributed by atoms with Crippen molar-refractivity contribution in [3.63, 3.8) is 0 Å². The van der Waals surface area contributed by atoms with Crippen LogP contribution in [-0.4, -0.2) is 77.2 Å². The average Bonchev–Trinajstić information content (AvgIpc) is 3.19. The Labute approximate surface area is 133 Å². The second-order valence-corrected chi connectivity index (χ2v) is 7.19. The number of rotatable bonds is 1. The lowest BCUT2D eigenvalue weighted by molar-refractivity contribution is -0.126. The number of hydrogen-bond acceptors (Lipinski definition) is 6. The van der Waals surface area contributed by atoms with E-state index in [9.17, 15) is 9.59 Å². The molecule has 2 fully saturated rings. The summed E-state index contributed by atoms with van der Waals surface area (Å²) in [5.41, 5.74) is 0.472. The van der Waals surface area contributed by atoms with E-state index in [4.69, 9.17) is 4.74 Å². The summed E-state index contributed by atoms with van der Waals surface area (Å²) in [4.78, 5) is 35.1. The lowest BCUT2D eigenvalue weighted by atomic mass is 10.0. The van der Waals surface area contributed by atoms with Crippen LogP contribution in [0.4, 0.5) is 4.79 Å². The Kier molecular flexibility index (Phi) is 2.94. The highest BCUT2D eigenvalue weighted by molar-refractivity contribution is 8.18. The van der Waals surface area contributed by atoms with Crippen molar-refractivity contribution >= 4 is 28.9 Å². The molecule has 0 saturated carbocycles. The highest BCUT2D eigenvalue weighted by atomic mass is 32.2. The van der Waals surface area contributed by atoms with Crippen molar-refractivity contribution in [1.82, 2.24) is 14.7 Å². The van der Waals surface area contributed by atoms with E-state index < -0.39 is 5.60 Å². The molecule has 1 spiro atoms. The highest BCUT2D eigenvalue weighted by Gasteiger charge is 2.50. The quantitative estimate of drug-likeness (QED) is 0.711. The van der Waals surface area contributed by atoms with Crippen molar-refractivity contribution in [3.05, 3.63) is 10.6 Å². The van der Waals surface area contributed by atoms with Crippen molar-refractivity contribution < 1.29 is 14.3 Å². The number of allylic oxidation sites excluding steroid dienone is 1. The Morgan fingerprint density at radius 3 is 2.86 bits per heavy atom. The van der Waals surface area contributed by atoms with Gasteiger partial charge >= 0.3 is 6.09 Å². The van der Waals surface area contributed by atoms with Crippen LogP contribution in [-0.2, 0) is 9.53 Å². The zero-order valence-electron chi connectivity index (χ0n) is 12.7. The Hall–Kier alpha value is -1.70. The molecule has 7 nitrogen and oxygen atoms in total. The number of thioether (sulfide) groups is 1. The molecular formula is C14H18N4O3S. The molecule has 0 N–H and O–H groups in total. The summed E-state index contributed by atoms with van der Waals surface area (Å²) in [5, 5.41) is 0.932. The number of likely N-dealkylation sites (N-methyl/N-ethyl adjacent to an activating group) is 1. The first-order valence-electron chi connectivity index (χ1n) is 7.43. The summed E-state index contributed by atoms with van der Waals surface area (Å²) >= 11 is 1.46. The Morgan fingerprint density at radius 1 is 1.36 bits per heavy atom. The van der Waals surface area contributed by atoms with Gasteiger partial charge in [-0.1, -0.05) is 0 Å². The number of carbonyl (C=O) groups excluding carboxylic acids is 2. The maximum absolute atomic E-state index is 12.8. The number of fused-ring (bicyclic) bond motifs is 1. The maximum Gasteiger partial charge on any atom is 0.410 e. The number of carbonyl (C=O) groups is 2. The maximum atomic E-state index is 12.8. The van der Waals surface area contributed by atoms with Crippen molar-refractivity contribution in [1.29, 1.82) is 0 Å². The van der Waals surface area contributed by atoms with Gasteiger partial charge in [-0.15, -0.1) is 0 Å². The smallest absolute Gasteiger partial charge is 0.410 e. The number of amides is 2. The van der Waals surface area contributed by atoms with Crippen LogP contribution in [0.2, 0.25) is 0 Å². The number of hydrogen-bond donors (Lipinski definition) is 0. The molecule has 4 rings (SSSR count). The van der Waals surface area contributed by atoms with Gasteiger partial charge in [0.25, 0.3) is 5.91 Å². The molecule has 2 saturated heterocycles. The number of likely N-dealkylation sites (tertiary alicyclic amines) is 1. The van der Waals surface area contributed by atoms with Gasteiger partial charge in [-0.2, -0.15) is 0 Å². The second kappa shape index (κ2) is 4.65. The van der Waals surface area contributed by atoms with Gasteiger partial charge in [0.1, 0.15) is 0 Å². The summed E-state index contributed by atoms with van der Waals surface area (Å²) in [6, 6.07) is 0. The van der Waals surface area contributed by atoms with E-state index in [-0.39, 0.29) is 12.0 Å². The number of ether oxygens (including phenoxy) is 1. The van der Waals surface area contributed by atoms with Crippen molar-refractivity contribution in [2.45, 2.75) is 18.9 Å². The minimum atomic E-state index is -0.521. The number of nitrogens with zero attached hydrogens (tertiary/aromatic N) is 4. The van der Waals surface area contributed by atoms with Gasteiger partial charge in [0.05, 0.1) is 24.5 Å². The fourth-order valence-corrected chi connectivity index (χ4v) is 4.63. The molecule has 8 heteroatoms. The predicted molar refractivity (Wildman–Crippen MR) is 82.3 cm³/mol. The summed E-state index contributed by atoms with van der Waals surface area (Å²) in [7, 11) is 1.73. The van der Waals surface area contributed by atoms with Crippen LogP contribution in [0, 0.1) is 0 Å². The molecule has 0 aromatic carbocycles. The van der Waals surface area contributed by atoms with Gasteiger partial charge in [-0.05, 0) is 18.7 Å². The molecule has 0 aromatic rings. The third kappa shape index (κ3) is 1.93. The molecule has 0 bridgehead atoms. The molecule has 0 aliphatic carbocycles. The van der Waals surface area contributed by atoms with Crippen LogP contribution in [0.3, 0.4) is 0 Å². The zero-order valence-corrected chi connectivity index (χ0v) is 13.5. The third-order valence-electron chi connectivity index (χ3n) is 4.67. The van der Waals surface area contributed by atoms with Crippen LogP contribution in [0.25, 0.3) is 0 Å². The average molecular weight is 322 g/mol. The first-order chi connectivity index (χ1) is 10.5. The first-order valence-corrected chi connectivity index (χ1v) is 8.25. The molecule has 2 amide bonds. The molecule has 22 heavy (non-hydrogen) atoms. The largest absolute Gasteiger partial charge is 0.439 e. The zero-order chi connectivity index (χ0) is 15.5. The predicted octanol–water partition coefficient (Wildman–Crippen LogP) is 0.689. The second-order valence-electron chi connectivity index (χ2n) is 6.22. The summed E-state index contributed by atoms with van der Waals surface area (Å²) in [6.07, 6.45) is 0.408. The summed E-state index contributed by atoms with van der Waals surface area (Å²) < 4.78 is 5.50. The van der Waals surface area contributed by atoms with Crippen LogP contribution in [0.5, 0.6) is 0 Å². The van der Waals surface area contributed by atoms with Gasteiger partial charge in [-0.25, -0.2) is 4.79 Å². The van der Waals surface area contributed by atoms with Crippen LogP contribution < -0.4 is 0 Å². The van der Waals surface area contributed by atoms with Crippen LogP contribution >= 0.6 is 11.8 Å². The van der Waals surface area contributed by atoms with E-state index >= 15 is 0 Å². The standard InChI is InChI=1S/C14H18N4O3S/c1-9-10(22-12-15-4-6-18(9)12)11(19)17-5-3-14(8-17)7-16(2)13(20)21-14/h3-8H2,1-2H3/t14-/m0/s1. The molecule has 0 radical (unpaired) electrons. The lowest BCUT2D eigenvalue weighted by Gasteiger charge is -2.22. The van der Waals surface area contributed by atoms with Crippen LogP contribution in [0.15, 0.2) is 15.6 Å². The summed E-state index contributed by atoms with van der Waals surface area (Å²) in [5.74, 6) is 0.0297. The van der Waals surface area contributed by atoms with Crippen molar-refractivity contribution in [2.24, 2.45) is 4.99 Å². The summed E-state index contributed by atoms with van der Waals surface area (Å²) in [6.45, 7) is 5.30. The molecule has 0 unspecified atom stereocenters. The van der Waals surface area contributed by atoms with Crippen molar-refractivity contribution in [3.8, 4) is 0 Å². The fraction of sp³-hybridized carbons (Fsp3) is 0.643. The topological polar surface area (TPSA) is 65.5 Å². The van der Waals surface area contributed by atoms with Crippen molar-refractivity contribution in [2.75, 3.05) is 39.8 Å². The first kappa shape index (κ1) is 13.9. The molecule has 4 aliphatic rings. The molecule has 118 valence electrons. The van der Waals surface area contributed by atoms with E-state index in [1.807, 2.05) is 6.92 Å². The number of aliphatic imine (C=N–C) groups is 1. The molecule has 1 atom stereocenters. The molecule has 0 aromatic heterocycles. The van der Waals surface area contributed by atoms with Gasteiger partial charge in [-0.3, -0.25) is 9.79 Å². The van der Waals surface area contributed by atoms with E-state index in [1.165, 1.54) is 11.8 Å². The van der Waals surface area contributed by atoms with E-state index in [0.717, 1.165) is 28.9 Å². The third-order valence-corrected chi connectivity index (χ3v) is 5.87. The SMILES string of the molecule is CC1=C(C(=O)N2CC[C@]3(CN(C)C(=O)O3)C2)SC2=NCCN21. The van der Waals surface area contributed by atoms with E-state index in [0.29, 0.717) is 26.1 Å². The van der Waals surface area contributed by atoms with Crippen LogP contribution in [0.1, 0.15) is 13.3 Å². The van der Waals surface area contributed by atoms with Gasteiger partial charge < -0.3 is 19.4 Å². The molecular weight excluding hydrogens is 304 g/mol. The Balaban J connectivity index is 1.50. The van der Waals surface area contributed by atoms with Gasteiger partial charge in [0.15, 0.2) is 10.8 Å². The van der Waals surface area contributed by atoms with Gasteiger partial charge in [0.2, 0.25) is 0 Å². The molecule has 4 aliphatic heterocycles. The monoisotopic (exact) mass is 322 g/mol. The van der Waals surface area contributed by atoms with E-state index in [2.05, 4.69) is 9.89 Å². The normalized spacial score (nSPS) is 30.5.